The SMILES string of the molecule is COC(=O)c1cccc(NS(=O)(=O)c2ccc3c(c2)CCCO3)c1. The van der Waals surface area contributed by atoms with Gasteiger partial charge in [0, 0.05) is 5.69 Å². The molecule has 1 aliphatic rings. The van der Waals surface area contributed by atoms with Crippen LogP contribution in [0.15, 0.2) is 47.4 Å². The van der Waals surface area contributed by atoms with Crippen LogP contribution in [-0.4, -0.2) is 28.1 Å². The number of hydrogen-bond acceptors (Lipinski definition) is 5. The Morgan fingerprint density at radius 2 is 2.04 bits per heavy atom. The first kappa shape index (κ1) is 16.3. The molecule has 0 atom stereocenters. The first-order valence-electron chi connectivity index (χ1n) is 7.46. The number of nitrogens with one attached hydrogen (secondary N) is 1. The summed E-state index contributed by atoms with van der Waals surface area (Å²) in [5, 5.41) is 0. The Balaban J connectivity index is 1.88. The largest absolute Gasteiger partial charge is 0.493 e. The van der Waals surface area contributed by atoms with Crippen LogP contribution in [0.3, 0.4) is 0 Å². The van der Waals surface area contributed by atoms with Gasteiger partial charge in [0.15, 0.2) is 0 Å². The highest BCUT2D eigenvalue weighted by molar-refractivity contribution is 7.92. The highest BCUT2D eigenvalue weighted by atomic mass is 32.2. The summed E-state index contributed by atoms with van der Waals surface area (Å²) in [7, 11) is -2.48. The van der Waals surface area contributed by atoms with Crippen molar-refractivity contribution in [1.29, 1.82) is 0 Å². The number of anilines is 1. The second-order valence-electron chi connectivity index (χ2n) is 5.40. The Morgan fingerprint density at radius 3 is 2.83 bits per heavy atom. The summed E-state index contributed by atoms with van der Waals surface area (Å²) < 4.78 is 37.8. The van der Waals surface area contributed by atoms with Crippen LogP contribution < -0.4 is 9.46 Å². The van der Waals surface area contributed by atoms with E-state index in [0.717, 1.165) is 24.2 Å². The molecule has 3 rings (SSSR count). The molecule has 0 aliphatic carbocycles. The maximum atomic E-state index is 12.6. The number of hydrogen-bond donors (Lipinski definition) is 1. The molecule has 0 radical (unpaired) electrons. The average Bonchev–Trinajstić information content (AvgIpc) is 2.60. The van der Waals surface area contributed by atoms with E-state index in [-0.39, 0.29) is 10.5 Å². The maximum Gasteiger partial charge on any atom is 0.337 e. The monoisotopic (exact) mass is 347 g/mol. The molecule has 0 spiro atoms. The summed E-state index contributed by atoms with van der Waals surface area (Å²) >= 11 is 0. The molecule has 2 aromatic rings. The number of rotatable bonds is 4. The molecule has 0 saturated carbocycles. The molecule has 0 bridgehead atoms. The predicted molar refractivity (Wildman–Crippen MR) is 88.8 cm³/mol. The maximum absolute atomic E-state index is 12.6. The highest BCUT2D eigenvalue weighted by Crippen LogP contribution is 2.28. The number of fused-ring (bicyclic) bond motifs is 1. The molecule has 0 unspecified atom stereocenters. The third-order valence-corrected chi connectivity index (χ3v) is 5.11. The molecular weight excluding hydrogens is 330 g/mol. The van der Waals surface area contributed by atoms with Crippen molar-refractivity contribution in [2.45, 2.75) is 17.7 Å². The van der Waals surface area contributed by atoms with Gasteiger partial charge in [0.1, 0.15) is 5.75 Å². The van der Waals surface area contributed by atoms with Crippen molar-refractivity contribution in [3.05, 3.63) is 53.6 Å². The van der Waals surface area contributed by atoms with Crippen molar-refractivity contribution in [2.24, 2.45) is 0 Å². The molecule has 0 saturated heterocycles. The van der Waals surface area contributed by atoms with Crippen molar-refractivity contribution in [3.63, 3.8) is 0 Å². The normalized spacial score (nSPS) is 13.5. The number of sulfonamides is 1. The van der Waals surface area contributed by atoms with Crippen LogP contribution in [0.1, 0.15) is 22.3 Å². The topological polar surface area (TPSA) is 81.7 Å². The molecule has 24 heavy (non-hydrogen) atoms. The minimum absolute atomic E-state index is 0.162. The second-order valence-corrected chi connectivity index (χ2v) is 7.08. The summed E-state index contributed by atoms with van der Waals surface area (Å²) in [4.78, 5) is 11.7. The van der Waals surface area contributed by atoms with Gasteiger partial charge in [0.05, 0.1) is 24.2 Å². The Hall–Kier alpha value is -2.54. The Kier molecular flexibility index (Phi) is 4.44. The third-order valence-electron chi connectivity index (χ3n) is 3.73. The lowest BCUT2D eigenvalue weighted by molar-refractivity contribution is 0.0601. The fraction of sp³-hybridized carbons (Fsp3) is 0.235. The van der Waals surface area contributed by atoms with E-state index in [1.54, 1.807) is 30.3 Å². The van der Waals surface area contributed by atoms with E-state index in [0.29, 0.717) is 12.3 Å². The van der Waals surface area contributed by atoms with Crippen LogP contribution in [0.2, 0.25) is 0 Å². The fourth-order valence-corrected chi connectivity index (χ4v) is 3.65. The van der Waals surface area contributed by atoms with Crippen molar-refractivity contribution in [3.8, 4) is 5.75 Å². The summed E-state index contributed by atoms with van der Waals surface area (Å²) in [6.07, 6.45) is 1.65. The van der Waals surface area contributed by atoms with Crippen molar-refractivity contribution in [1.82, 2.24) is 0 Å². The summed E-state index contributed by atoms with van der Waals surface area (Å²) in [6, 6.07) is 11.0. The number of ether oxygens (including phenoxy) is 2. The van der Waals surface area contributed by atoms with E-state index in [1.807, 2.05) is 0 Å². The molecular formula is C17H17NO5S. The smallest absolute Gasteiger partial charge is 0.337 e. The van der Waals surface area contributed by atoms with Crippen molar-refractivity contribution < 1.29 is 22.7 Å². The van der Waals surface area contributed by atoms with Gasteiger partial charge in [-0.3, -0.25) is 4.72 Å². The molecule has 1 N–H and O–H groups in total. The van der Waals surface area contributed by atoms with Gasteiger partial charge in [-0.15, -0.1) is 0 Å². The third kappa shape index (κ3) is 3.35. The summed E-state index contributed by atoms with van der Waals surface area (Å²) in [5.41, 5.74) is 1.45. The zero-order valence-electron chi connectivity index (χ0n) is 13.1. The molecule has 0 aromatic heterocycles. The second kappa shape index (κ2) is 6.52. The minimum Gasteiger partial charge on any atom is -0.493 e. The Morgan fingerprint density at radius 1 is 1.21 bits per heavy atom. The number of carbonyl (C=O) groups is 1. The van der Waals surface area contributed by atoms with E-state index in [4.69, 9.17) is 4.74 Å². The van der Waals surface area contributed by atoms with Crippen LogP contribution in [0.25, 0.3) is 0 Å². The number of methoxy groups -OCH3 is 1. The first-order valence-corrected chi connectivity index (χ1v) is 8.95. The number of carbonyl (C=O) groups excluding carboxylic acids is 1. The van der Waals surface area contributed by atoms with E-state index in [9.17, 15) is 13.2 Å². The van der Waals surface area contributed by atoms with E-state index < -0.39 is 16.0 Å². The lowest BCUT2D eigenvalue weighted by Crippen LogP contribution is -2.15. The Labute approximate surface area is 140 Å². The van der Waals surface area contributed by atoms with E-state index in [1.165, 1.54) is 19.2 Å². The van der Waals surface area contributed by atoms with Gasteiger partial charge in [0.2, 0.25) is 0 Å². The zero-order chi connectivity index (χ0) is 17.2. The predicted octanol–water partition coefficient (Wildman–Crippen LogP) is 2.60. The zero-order valence-corrected chi connectivity index (χ0v) is 13.9. The van der Waals surface area contributed by atoms with Crippen LogP contribution in [-0.2, 0) is 21.2 Å². The van der Waals surface area contributed by atoms with Crippen molar-refractivity contribution >= 4 is 21.7 Å². The van der Waals surface area contributed by atoms with Gasteiger partial charge in [-0.05, 0) is 54.8 Å². The quantitative estimate of drug-likeness (QED) is 0.860. The Bertz CT molecular complexity index is 876. The van der Waals surface area contributed by atoms with E-state index in [2.05, 4.69) is 9.46 Å². The summed E-state index contributed by atoms with van der Waals surface area (Å²) in [6.45, 7) is 0.650. The molecule has 7 heteroatoms. The highest BCUT2D eigenvalue weighted by Gasteiger charge is 2.19. The number of aryl methyl sites for hydroxylation is 1. The van der Waals surface area contributed by atoms with Crippen LogP contribution in [0.5, 0.6) is 5.75 Å². The van der Waals surface area contributed by atoms with Crippen molar-refractivity contribution in [2.75, 3.05) is 18.4 Å². The van der Waals surface area contributed by atoms with Gasteiger partial charge in [0.25, 0.3) is 10.0 Å². The molecule has 1 heterocycles. The van der Waals surface area contributed by atoms with E-state index >= 15 is 0 Å². The summed E-state index contributed by atoms with van der Waals surface area (Å²) in [5.74, 6) is 0.204. The van der Waals surface area contributed by atoms with Gasteiger partial charge in [-0.2, -0.15) is 0 Å². The van der Waals surface area contributed by atoms with Crippen LogP contribution in [0, 0.1) is 0 Å². The number of benzene rings is 2. The minimum atomic E-state index is -3.75. The number of esters is 1. The fourth-order valence-electron chi connectivity index (χ4n) is 2.55. The lowest BCUT2D eigenvalue weighted by atomic mass is 10.1. The molecule has 6 nitrogen and oxygen atoms in total. The standard InChI is InChI=1S/C17H17NO5S/c1-22-17(19)13-4-2-6-14(10-13)18-24(20,21)15-7-8-16-12(11-15)5-3-9-23-16/h2,4,6-8,10-11,18H,3,5,9H2,1H3. The van der Waals surface area contributed by atoms with Gasteiger partial charge in [-0.25, -0.2) is 13.2 Å². The lowest BCUT2D eigenvalue weighted by Gasteiger charge is -2.18. The molecule has 2 aromatic carbocycles. The van der Waals surface area contributed by atoms with Crippen LogP contribution in [0.4, 0.5) is 5.69 Å². The molecule has 126 valence electrons. The van der Waals surface area contributed by atoms with Crippen LogP contribution >= 0.6 is 0 Å². The molecule has 0 amide bonds. The molecule has 0 fully saturated rings. The first-order chi connectivity index (χ1) is 11.5. The van der Waals surface area contributed by atoms with Gasteiger partial charge >= 0.3 is 5.97 Å². The average molecular weight is 347 g/mol. The van der Waals surface area contributed by atoms with Gasteiger partial charge < -0.3 is 9.47 Å². The van der Waals surface area contributed by atoms with Gasteiger partial charge in [-0.1, -0.05) is 6.07 Å². The molecule has 1 aliphatic heterocycles.